The zero-order valence-corrected chi connectivity index (χ0v) is 16.0. The molecular weight excluding hydrogens is 389 g/mol. The Morgan fingerprint density at radius 3 is 2.52 bits per heavy atom. The van der Waals surface area contributed by atoms with E-state index >= 15 is 0 Å². The van der Waals surface area contributed by atoms with Gasteiger partial charge < -0.3 is 14.5 Å². The van der Waals surface area contributed by atoms with Gasteiger partial charge in [0.25, 0.3) is 0 Å². The molecule has 2 heterocycles. The van der Waals surface area contributed by atoms with Gasteiger partial charge in [-0.15, -0.1) is 0 Å². The lowest BCUT2D eigenvalue weighted by molar-refractivity contribution is -0.143. The third-order valence-electron chi connectivity index (χ3n) is 3.86. The summed E-state index contributed by atoms with van der Waals surface area (Å²) in [6.45, 7) is 1.79. The largest absolute Gasteiger partial charge is 0.465 e. The number of nitrogens with zero attached hydrogens (tertiary/aromatic N) is 2. The van der Waals surface area contributed by atoms with Crippen LogP contribution in [0, 0.1) is 0 Å². The smallest absolute Gasteiger partial charge is 0.325 e. The van der Waals surface area contributed by atoms with Crippen LogP contribution in [0.2, 0.25) is 10.0 Å². The second kappa shape index (κ2) is 8.41. The number of ether oxygens (including phenoxy) is 1. The molecule has 6 nitrogen and oxygen atoms in total. The number of aromatic nitrogens is 2. The number of esters is 1. The van der Waals surface area contributed by atoms with Gasteiger partial charge in [-0.1, -0.05) is 35.3 Å². The van der Waals surface area contributed by atoms with Crippen molar-refractivity contribution in [2.45, 2.75) is 13.3 Å². The molecule has 1 aromatic carbocycles. The predicted molar refractivity (Wildman–Crippen MR) is 104 cm³/mol. The Morgan fingerprint density at radius 2 is 1.81 bits per heavy atom. The number of hydrogen-bond donors (Lipinski definition) is 1. The van der Waals surface area contributed by atoms with Gasteiger partial charge in [-0.3, -0.25) is 9.59 Å². The van der Waals surface area contributed by atoms with E-state index < -0.39 is 5.97 Å². The molecule has 0 unspecified atom stereocenters. The van der Waals surface area contributed by atoms with Gasteiger partial charge in [0.2, 0.25) is 5.91 Å². The van der Waals surface area contributed by atoms with Crippen LogP contribution in [0.25, 0.3) is 16.9 Å². The number of carbonyl (C=O) groups excluding carboxylic acids is 2. The molecule has 3 rings (SSSR count). The number of amides is 1. The van der Waals surface area contributed by atoms with Crippen molar-refractivity contribution < 1.29 is 14.3 Å². The third kappa shape index (κ3) is 4.59. The van der Waals surface area contributed by atoms with Crippen molar-refractivity contribution >= 4 is 40.7 Å². The molecule has 0 saturated heterocycles. The average Bonchev–Trinajstić information content (AvgIpc) is 2.99. The van der Waals surface area contributed by atoms with E-state index in [0.717, 1.165) is 5.56 Å². The Kier molecular flexibility index (Phi) is 5.98. The predicted octanol–water partition coefficient (Wildman–Crippen LogP) is 3.53. The molecule has 8 heteroatoms. The monoisotopic (exact) mass is 405 g/mol. The standard InChI is InChI=1S/C19H17Cl2N3O3/c1-2-27-18(26)10-22-17(25)9-15-19(12-3-5-13(20)6-4-12)23-16-8-7-14(21)11-24(15)16/h3-8,11H,2,9-10H2,1H3,(H,22,25). The van der Waals surface area contributed by atoms with E-state index in [9.17, 15) is 9.59 Å². The highest BCUT2D eigenvalue weighted by atomic mass is 35.5. The Balaban J connectivity index is 1.93. The fourth-order valence-electron chi connectivity index (χ4n) is 2.67. The number of pyridine rings is 1. The van der Waals surface area contributed by atoms with Crippen molar-refractivity contribution in [3.05, 3.63) is 58.3 Å². The van der Waals surface area contributed by atoms with Crippen LogP contribution in [-0.2, 0) is 20.7 Å². The van der Waals surface area contributed by atoms with Gasteiger partial charge >= 0.3 is 5.97 Å². The topological polar surface area (TPSA) is 72.7 Å². The van der Waals surface area contributed by atoms with Gasteiger partial charge in [-0.05, 0) is 31.2 Å². The number of hydrogen-bond acceptors (Lipinski definition) is 4. The molecule has 0 atom stereocenters. The number of halogens is 2. The fraction of sp³-hybridized carbons (Fsp3) is 0.211. The normalized spacial score (nSPS) is 10.8. The minimum absolute atomic E-state index is 0.0267. The van der Waals surface area contributed by atoms with E-state index in [2.05, 4.69) is 10.3 Å². The minimum atomic E-state index is -0.482. The van der Waals surface area contributed by atoms with Crippen LogP contribution in [0.15, 0.2) is 42.6 Å². The van der Waals surface area contributed by atoms with Crippen molar-refractivity contribution in [2.75, 3.05) is 13.2 Å². The summed E-state index contributed by atoms with van der Waals surface area (Å²) in [5, 5.41) is 3.70. The third-order valence-corrected chi connectivity index (χ3v) is 4.34. The van der Waals surface area contributed by atoms with Crippen LogP contribution in [0.3, 0.4) is 0 Å². The second-order valence-corrected chi connectivity index (χ2v) is 6.62. The highest BCUT2D eigenvalue weighted by Gasteiger charge is 2.18. The van der Waals surface area contributed by atoms with Crippen molar-refractivity contribution in [1.29, 1.82) is 0 Å². The lowest BCUT2D eigenvalue weighted by Gasteiger charge is -2.07. The summed E-state index contributed by atoms with van der Waals surface area (Å²) in [5.41, 5.74) is 2.81. The first kappa shape index (κ1) is 19.2. The highest BCUT2D eigenvalue weighted by molar-refractivity contribution is 6.30. The zero-order chi connectivity index (χ0) is 19.4. The summed E-state index contributed by atoms with van der Waals surface area (Å²) in [6.07, 6.45) is 1.73. The second-order valence-electron chi connectivity index (χ2n) is 5.75. The van der Waals surface area contributed by atoms with E-state index in [1.807, 2.05) is 12.1 Å². The number of rotatable bonds is 6. The maximum Gasteiger partial charge on any atom is 0.325 e. The molecule has 2 aromatic heterocycles. The zero-order valence-electron chi connectivity index (χ0n) is 14.5. The van der Waals surface area contributed by atoms with Crippen molar-refractivity contribution in [3.8, 4) is 11.3 Å². The quantitative estimate of drug-likeness (QED) is 0.636. The number of carbonyl (C=O) groups is 2. The van der Waals surface area contributed by atoms with Gasteiger partial charge in [0.15, 0.2) is 0 Å². The van der Waals surface area contributed by atoms with Gasteiger partial charge in [0, 0.05) is 16.8 Å². The Bertz CT molecular complexity index is 984. The summed E-state index contributed by atoms with van der Waals surface area (Å²) in [7, 11) is 0. The molecule has 0 aliphatic carbocycles. The van der Waals surface area contributed by atoms with Crippen LogP contribution in [-0.4, -0.2) is 34.4 Å². The molecule has 1 N–H and O–H groups in total. The molecule has 27 heavy (non-hydrogen) atoms. The Labute approximate surface area is 166 Å². The summed E-state index contributed by atoms with van der Waals surface area (Å²) in [6, 6.07) is 10.7. The molecule has 0 spiro atoms. The van der Waals surface area contributed by atoms with Gasteiger partial charge in [0.1, 0.15) is 12.2 Å². The van der Waals surface area contributed by atoms with Gasteiger partial charge in [-0.25, -0.2) is 4.98 Å². The molecule has 0 radical (unpaired) electrons. The Hall–Kier alpha value is -2.57. The molecule has 0 saturated carbocycles. The van der Waals surface area contributed by atoms with Gasteiger partial charge in [0.05, 0.1) is 29.4 Å². The maximum absolute atomic E-state index is 12.4. The average molecular weight is 406 g/mol. The van der Waals surface area contributed by atoms with E-state index in [4.69, 9.17) is 27.9 Å². The first-order valence-corrected chi connectivity index (χ1v) is 9.08. The number of benzene rings is 1. The van der Waals surface area contributed by atoms with Crippen LogP contribution >= 0.6 is 23.2 Å². The van der Waals surface area contributed by atoms with E-state index in [1.165, 1.54) is 0 Å². The summed E-state index contributed by atoms with van der Waals surface area (Å²) < 4.78 is 6.59. The molecule has 3 aromatic rings. The van der Waals surface area contributed by atoms with Crippen LogP contribution in [0.5, 0.6) is 0 Å². The number of imidazole rings is 1. The molecule has 0 bridgehead atoms. The summed E-state index contributed by atoms with van der Waals surface area (Å²) in [5.74, 6) is -0.801. The molecule has 0 fully saturated rings. The van der Waals surface area contributed by atoms with Crippen LogP contribution in [0.1, 0.15) is 12.6 Å². The summed E-state index contributed by atoms with van der Waals surface area (Å²) >= 11 is 12.1. The first-order valence-electron chi connectivity index (χ1n) is 8.32. The van der Waals surface area contributed by atoms with E-state index in [1.54, 1.807) is 41.8 Å². The van der Waals surface area contributed by atoms with Gasteiger partial charge in [-0.2, -0.15) is 0 Å². The molecule has 0 aliphatic rings. The summed E-state index contributed by atoms with van der Waals surface area (Å²) in [4.78, 5) is 28.4. The van der Waals surface area contributed by atoms with Crippen molar-refractivity contribution in [3.63, 3.8) is 0 Å². The van der Waals surface area contributed by atoms with Crippen molar-refractivity contribution in [1.82, 2.24) is 14.7 Å². The highest BCUT2D eigenvalue weighted by Crippen LogP contribution is 2.27. The lowest BCUT2D eigenvalue weighted by atomic mass is 10.1. The minimum Gasteiger partial charge on any atom is -0.465 e. The first-order chi connectivity index (χ1) is 13.0. The number of fused-ring (bicyclic) bond motifs is 1. The lowest BCUT2D eigenvalue weighted by Crippen LogP contribution is -2.32. The Morgan fingerprint density at radius 1 is 1.11 bits per heavy atom. The van der Waals surface area contributed by atoms with E-state index in [0.29, 0.717) is 27.1 Å². The fourth-order valence-corrected chi connectivity index (χ4v) is 2.96. The van der Waals surface area contributed by atoms with Crippen LogP contribution < -0.4 is 5.32 Å². The van der Waals surface area contributed by atoms with E-state index in [-0.39, 0.29) is 25.5 Å². The van der Waals surface area contributed by atoms with Crippen LogP contribution in [0.4, 0.5) is 0 Å². The van der Waals surface area contributed by atoms with Crippen molar-refractivity contribution in [2.24, 2.45) is 0 Å². The molecule has 0 aliphatic heterocycles. The molecule has 1 amide bonds. The maximum atomic E-state index is 12.4. The SMILES string of the molecule is CCOC(=O)CNC(=O)Cc1c(-c2ccc(Cl)cc2)nc2ccc(Cl)cn12. The molecule has 140 valence electrons. The molecular formula is C19H17Cl2N3O3. The number of nitrogens with one attached hydrogen (secondary N) is 1.